The number of pyridine rings is 1. The number of halogens is 1. The number of aryl methyl sites for hydroxylation is 1. The molecule has 0 atom stereocenters. The number of hydrogen-bond donors (Lipinski definition) is 0. The summed E-state index contributed by atoms with van der Waals surface area (Å²) in [6, 6.07) is 5.62. The van der Waals surface area contributed by atoms with Crippen molar-refractivity contribution >= 4 is 11.6 Å². The first kappa shape index (κ1) is 9.21. The van der Waals surface area contributed by atoms with Gasteiger partial charge >= 0.3 is 0 Å². The Labute approximate surface area is 87.4 Å². The maximum absolute atomic E-state index is 5.79. The lowest BCUT2D eigenvalue weighted by atomic mass is 10.3. The first-order valence-electron chi connectivity index (χ1n) is 4.35. The van der Waals surface area contributed by atoms with Gasteiger partial charge in [0, 0.05) is 12.4 Å². The fourth-order valence-corrected chi connectivity index (χ4v) is 1.47. The third-order valence-electron chi connectivity index (χ3n) is 2.03. The molecule has 14 heavy (non-hydrogen) atoms. The smallest absolute Gasteiger partial charge is 0.129 e. The van der Waals surface area contributed by atoms with Crippen LogP contribution in [0.15, 0.2) is 30.6 Å². The quantitative estimate of drug-likeness (QED) is 0.708. The minimum atomic E-state index is 0.528. The van der Waals surface area contributed by atoms with Gasteiger partial charge in [-0.05, 0) is 19.1 Å². The molecule has 0 unspecified atom stereocenters. The first-order valence-corrected chi connectivity index (χ1v) is 4.72. The average molecular weight is 208 g/mol. The van der Waals surface area contributed by atoms with Crippen molar-refractivity contribution in [1.29, 1.82) is 0 Å². The molecule has 0 saturated carbocycles. The van der Waals surface area contributed by atoms with Crippen molar-refractivity contribution in [3.05, 3.63) is 47.3 Å². The molecule has 0 bridgehead atoms. The van der Waals surface area contributed by atoms with Crippen LogP contribution in [0.2, 0.25) is 5.15 Å². The minimum Gasteiger partial charge on any atom is -0.329 e. The van der Waals surface area contributed by atoms with Crippen LogP contribution >= 0.6 is 11.6 Å². The van der Waals surface area contributed by atoms with E-state index in [1.165, 1.54) is 0 Å². The van der Waals surface area contributed by atoms with E-state index in [-0.39, 0.29) is 0 Å². The summed E-state index contributed by atoms with van der Waals surface area (Å²) < 4.78 is 2.03. The average Bonchev–Trinajstić information content (AvgIpc) is 2.52. The van der Waals surface area contributed by atoms with Gasteiger partial charge in [-0.25, -0.2) is 9.97 Å². The molecule has 0 aliphatic carbocycles. The van der Waals surface area contributed by atoms with E-state index in [9.17, 15) is 0 Å². The van der Waals surface area contributed by atoms with Crippen molar-refractivity contribution in [1.82, 2.24) is 14.5 Å². The van der Waals surface area contributed by atoms with E-state index in [1.54, 1.807) is 12.3 Å². The normalized spacial score (nSPS) is 10.4. The molecule has 0 spiro atoms. The summed E-state index contributed by atoms with van der Waals surface area (Å²) in [5.74, 6) is 0.978. The van der Waals surface area contributed by atoms with Crippen LogP contribution in [0, 0.1) is 6.92 Å². The topological polar surface area (TPSA) is 30.7 Å². The maximum atomic E-state index is 5.79. The van der Waals surface area contributed by atoms with Crippen LogP contribution in [0.5, 0.6) is 0 Å². The van der Waals surface area contributed by atoms with E-state index in [4.69, 9.17) is 11.6 Å². The Morgan fingerprint density at radius 1 is 1.43 bits per heavy atom. The number of nitrogens with zero attached hydrogens (tertiary/aromatic N) is 3. The van der Waals surface area contributed by atoms with E-state index in [0.29, 0.717) is 11.7 Å². The third kappa shape index (κ3) is 1.93. The van der Waals surface area contributed by atoms with Crippen molar-refractivity contribution < 1.29 is 0 Å². The summed E-state index contributed by atoms with van der Waals surface area (Å²) in [6.45, 7) is 2.68. The van der Waals surface area contributed by atoms with Gasteiger partial charge in [0.15, 0.2) is 0 Å². The summed E-state index contributed by atoms with van der Waals surface area (Å²) in [5.41, 5.74) is 0.943. The van der Waals surface area contributed by atoms with E-state index in [0.717, 1.165) is 11.5 Å². The predicted molar refractivity (Wildman–Crippen MR) is 55.3 cm³/mol. The van der Waals surface area contributed by atoms with Crippen LogP contribution in [-0.4, -0.2) is 14.5 Å². The zero-order valence-electron chi connectivity index (χ0n) is 7.81. The van der Waals surface area contributed by atoms with E-state index in [1.807, 2.05) is 29.8 Å². The van der Waals surface area contributed by atoms with Gasteiger partial charge in [0.05, 0.1) is 12.2 Å². The van der Waals surface area contributed by atoms with Gasteiger partial charge in [-0.2, -0.15) is 0 Å². The second-order valence-electron chi connectivity index (χ2n) is 3.05. The van der Waals surface area contributed by atoms with Gasteiger partial charge in [-0.1, -0.05) is 17.7 Å². The molecule has 0 amide bonds. The standard InChI is InChI=1S/C10H10ClN3/c1-8-12-5-6-14(8)7-9-3-2-4-10(11)13-9/h2-6H,7H2,1H3. The Kier molecular flexibility index (Phi) is 2.50. The molecule has 2 aromatic heterocycles. The molecular formula is C10H10ClN3. The predicted octanol–water partition coefficient (Wildman–Crippen LogP) is 2.29. The zero-order chi connectivity index (χ0) is 9.97. The van der Waals surface area contributed by atoms with Crippen LogP contribution in [0.4, 0.5) is 0 Å². The number of aromatic nitrogens is 3. The molecule has 2 aromatic rings. The van der Waals surface area contributed by atoms with Crippen molar-refractivity contribution in [2.45, 2.75) is 13.5 Å². The highest BCUT2D eigenvalue weighted by atomic mass is 35.5. The molecule has 4 heteroatoms. The molecule has 0 radical (unpaired) electrons. The highest BCUT2D eigenvalue weighted by molar-refractivity contribution is 6.29. The minimum absolute atomic E-state index is 0.528. The summed E-state index contributed by atoms with van der Waals surface area (Å²) in [7, 11) is 0. The molecule has 0 saturated heterocycles. The van der Waals surface area contributed by atoms with Gasteiger partial charge in [0.25, 0.3) is 0 Å². The van der Waals surface area contributed by atoms with Gasteiger partial charge in [0.1, 0.15) is 11.0 Å². The van der Waals surface area contributed by atoms with Gasteiger partial charge < -0.3 is 4.57 Å². The highest BCUT2D eigenvalue weighted by Crippen LogP contribution is 2.07. The van der Waals surface area contributed by atoms with Crippen molar-refractivity contribution in [2.75, 3.05) is 0 Å². The molecule has 0 aliphatic rings. The Hall–Kier alpha value is -1.35. The fourth-order valence-electron chi connectivity index (χ4n) is 1.28. The largest absolute Gasteiger partial charge is 0.329 e. The lowest BCUT2D eigenvalue weighted by Gasteiger charge is -2.03. The van der Waals surface area contributed by atoms with Gasteiger partial charge in [-0.3, -0.25) is 0 Å². The summed E-state index contributed by atoms with van der Waals surface area (Å²) in [6.07, 6.45) is 3.71. The number of imidazole rings is 1. The molecule has 0 N–H and O–H groups in total. The number of rotatable bonds is 2. The van der Waals surface area contributed by atoms with Crippen LogP contribution in [-0.2, 0) is 6.54 Å². The van der Waals surface area contributed by atoms with Crippen LogP contribution in [0.25, 0.3) is 0 Å². The van der Waals surface area contributed by atoms with Crippen molar-refractivity contribution in [3.63, 3.8) is 0 Å². The van der Waals surface area contributed by atoms with Crippen LogP contribution < -0.4 is 0 Å². The lowest BCUT2D eigenvalue weighted by molar-refractivity contribution is 0.742. The van der Waals surface area contributed by atoms with Crippen LogP contribution in [0.3, 0.4) is 0 Å². The zero-order valence-corrected chi connectivity index (χ0v) is 8.57. The Morgan fingerprint density at radius 2 is 2.29 bits per heavy atom. The maximum Gasteiger partial charge on any atom is 0.129 e. The molecule has 0 aromatic carbocycles. The summed E-state index contributed by atoms with van der Waals surface area (Å²) >= 11 is 5.79. The Balaban J connectivity index is 2.23. The molecule has 0 fully saturated rings. The highest BCUT2D eigenvalue weighted by Gasteiger charge is 1.99. The molecule has 2 rings (SSSR count). The van der Waals surface area contributed by atoms with E-state index >= 15 is 0 Å². The second kappa shape index (κ2) is 3.80. The van der Waals surface area contributed by atoms with Crippen molar-refractivity contribution in [3.8, 4) is 0 Å². The van der Waals surface area contributed by atoms with E-state index in [2.05, 4.69) is 9.97 Å². The van der Waals surface area contributed by atoms with Gasteiger partial charge in [0.2, 0.25) is 0 Å². The fraction of sp³-hybridized carbons (Fsp3) is 0.200. The molecular weight excluding hydrogens is 198 g/mol. The molecule has 3 nitrogen and oxygen atoms in total. The Bertz CT molecular complexity index is 436. The first-order chi connectivity index (χ1) is 6.75. The summed E-state index contributed by atoms with van der Waals surface area (Å²) in [5, 5.41) is 0.528. The van der Waals surface area contributed by atoms with Crippen LogP contribution in [0.1, 0.15) is 11.5 Å². The van der Waals surface area contributed by atoms with Gasteiger partial charge in [-0.15, -0.1) is 0 Å². The second-order valence-corrected chi connectivity index (χ2v) is 3.44. The third-order valence-corrected chi connectivity index (χ3v) is 2.24. The van der Waals surface area contributed by atoms with E-state index < -0.39 is 0 Å². The Morgan fingerprint density at radius 3 is 2.93 bits per heavy atom. The number of hydrogen-bond acceptors (Lipinski definition) is 2. The summed E-state index contributed by atoms with van der Waals surface area (Å²) in [4.78, 5) is 8.34. The molecule has 2 heterocycles. The molecule has 72 valence electrons. The monoisotopic (exact) mass is 207 g/mol. The van der Waals surface area contributed by atoms with Crippen molar-refractivity contribution in [2.24, 2.45) is 0 Å². The SMILES string of the molecule is Cc1nccn1Cc1cccc(Cl)n1. The molecule has 0 aliphatic heterocycles. The lowest BCUT2D eigenvalue weighted by Crippen LogP contribution is -2.02.